The first-order valence-corrected chi connectivity index (χ1v) is 9.98. The van der Waals surface area contributed by atoms with Crippen molar-refractivity contribution in [2.45, 2.75) is 51.2 Å². The highest BCUT2D eigenvalue weighted by Crippen LogP contribution is 2.45. The van der Waals surface area contributed by atoms with Crippen LogP contribution in [0.2, 0.25) is 0 Å². The van der Waals surface area contributed by atoms with E-state index in [4.69, 9.17) is 9.47 Å². The zero-order valence-corrected chi connectivity index (χ0v) is 17.6. The lowest BCUT2D eigenvalue weighted by molar-refractivity contribution is -0.164. The normalized spacial score (nSPS) is 18.6. The number of rotatable bonds is 7. The largest absolute Gasteiger partial charge is 0.459 e. The highest BCUT2D eigenvalue weighted by atomic mass is 16.6. The Morgan fingerprint density at radius 2 is 1.69 bits per heavy atom. The predicted octanol–water partition coefficient (Wildman–Crippen LogP) is 4.24. The number of benzene rings is 2. The summed E-state index contributed by atoms with van der Waals surface area (Å²) >= 11 is 0. The second-order valence-corrected chi connectivity index (χ2v) is 8.43. The molecule has 2 aromatic rings. The number of hydrogen-bond acceptors (Lipinski definition) is 4. The topological polar surface area (TPSA) is 55.8 Å². The highest BCUT2D eigenvalue weighted by molar-refractivity contribution is 6.20. The summed E-state index contributed by atoms with van der Waals surface area (Å²) in [6.45, 7) is 6.41. The molecule has 1 unspecified atom stereocenters. The molecule has 5 heteroatoms. The average molecular weight is 395 g/mol. The Morgan fingerprint density at radius 3 is 2.38 bits per heavy atom. The van der Waals surface area contributed by atoms with Crippen molar-refractivity contribution >= 4 is 17.6 Å². The van der Waals surface area contributed by atoms with Gasteiger partial charge in [-0.15, -0.1) is 0 Å². The number of para-hydroxylation sites is 1. The van der Waals surface area contributed by atoms with Crippen LogP contribution in [0.4, 0.5) is 5.69 Å². The molecule has 0 spiro atoms. The molecule has 2 aromatic carbocycles. The highest BCUT2D eigenvalue weighted by Gasteiger charge is 2.56. The number of fused-ring (bicyclic) bond motifs is 1. The van der Waals surface area contributed by atoms with Crippen molar-refractivity contribution in [1.82, 2.24) is 0 Å². The van der Waals surface area contributed by atoms with Gasteiger partial charge in [0.05, 0.1) is 6.61 Å². The van der Waals surface area contributed by atoms with Gasteiger partial charge in [0.25, 0.3) is 0 Å². The number of anilines is 1. The maximum Gasteiger partial charge on any atom is 0.326 e. The van der Waals surface area contributed by atoms with Gasteiger partial charge in [-0.1, -0.05) is 48.5 Å². The van der Waals surface area contributed by atoms with Gasteiger partial charge in [0.1, 0.15) is 5.60 Å². The summed E-state index contributed by atoms with van der Waals surface area (Å²) in [6.07, 6.45) is 0.914. The minimum absolute atomic E-state index is 0.240. The Bertz CT molecular complexity index is 872. The van der Waals surface area contributed by atoms with Crippen molar-refractivity contribution < 1.29 is 19.1 Å². The number of ether oxygens (including phenoxy) is 2. The molecular weight excluding hydrogens is 366 g/mol. The first-order valence-electron chi connectivity index (χ1n) is 9.98. The molecule has 29 heavy (non-hydrogen) atoms. The maximum absolute atomic E-state index is 13.3. The van der Waals surface area contributed by atoms with E-state index < -0.39 is 17.0 Å². The van der Waals surface area contributed by atoms with Crippen LogP contribution in [0.5, 0.6) is 0 Å². The van der Waals surface area contributed by atoms with Crippen LogP contribution in [0.1, 0.15) is 44.7 Å². The molecule has 0 fully saturated rings. The minimum atomic E-state index is -1.32. The van der Waals surface area contributed by atoms with Crippen molar-refractivity contribution in [2.24, 2.45) is 0 Å². The Balaban J connectivity index is 1.78. The third kappa shape index (κ3) is 4.35. The van der Waals surface area contributed by atoms with Gasteiger partial charge in [0.2, 0.25) is 5.91 Å². The van der Waals surface area contributed by atoms with E-state index in [1.54, 1.807) is 11.9 Å². The summed E-state index contributed by atoms with van der Waals surface area (Å²) in [5.74, 6) is -0.731. The lowest BCUT2D eigenvalue weighted by Crippen LogP contribution is -2.48. The van der Waals surface area contributed by atoms with Gasteiger partial charge in [-0.05, 0) is 45.2 Å². The summed E-state index contributed by atoms with van der Waals surface area (Å²) < 4.78 is 11.5. The van der Waals surface area contributed by atoms with E-state index in [9.17, 15) is 9.59 Å². The number of carbonyl (C=O) groups excluding carboxylic acids is 2. The molecular formula is C24H29NO4. The van der Waals surface area contributed by atoms with Crippen LogP contribution in [0, 0.1) is 0 Å². The van der Waals surface area contributed by atoms with E-state index in [1.807, 2.05) is 75.4 Å². The van der Waals surface area contributed by atoms with Gasteiger partial charge in [-0.25, -0.2) is 0 Å². The molecule has 154 valence electrons. The molecule has 0 saturated carbocycles. The second-order valence-electron chi connectivity index (χ2n) is 8.43. The van der Waals surface area contributed by atoms with Gasteiger partial charge in [-0.3, -0.25) is 9.59 Å². The van der Waals surface area contributed by atoms with Crippen molar-refractivity contribution in [2.75, 3.05) is 18.6 Å². The Hall–Kier alpha value is -2.66. The number of nitrogens with zero attached hydrogens (tertiary/aromatic N) is 1. The number of hydrogen-bond donors (Lipinski definition) is 0. The fourth-order valence-electron chi connectivity index (χ4n) is 3.75. The Labute approximate surface area is 172 Å². The summed E-state index contributed by atoms with van der Waals surface area (Å²) in [5, 5.41) is 0. The van der Waals surface area contributed by atoms with Crippen molar-refractivity contribution in [3.63, 3.8) is 0 Å². The molecule has 1 aliphatic rings. The first kappa shape index (κ1) is 21.1. The zero-order chi connectivity index (χ0) is 21.1. The summed E-state index contributed by atoms with van der Waals surface area (Å²) in [7, 11) is 1.71. The molecule has 0 radical (unpaired) electrons. The van der Waals surface area contributed by atoms with Crippen LogP contribution in [0.3, 0.4) is 0 Å². The summed E-state index contributed by atoms with van der Waals surface area (Å²) in [4.78, 5) is 28.1. The van der Waals surface area contributed by atoms with Crippen LogP contribution in [-0.4, -0.2) is 31.1 Å². The monoisotopic (exact) mass is 395 g/mol. The van der Waals surface area contributed by atoms with Gasteiger partial charge in [0, 0.05) is 24.9 Å². The van der Waals surface area contributed by atoms with E-state index in [0.717, 1.165) is 11.3 Å². The Kier molecular flexibility index (Phi) is 6.08. The van der Waals surface area contributed by atoms with E-state index in [0.29, 0.717) is 31.6 Å². The SMILES string of the molecule is CN1C(=O)C(CCCOCc2ccccc2)(C(=O)OC(C)(C)C)c2ccccc21. The molecule has 0 saturated heterocycles. The third-order valence-electron chi connectivity index (χ3n) is 5.09. The maximum atomic E-state index is 13.3. The quantitative estimate of drug-likeness (QED) is 0.400. The first-order chi connectivity index (χ1) is 13.8. The van der Waals surface area contributed by atoms with Gasteiger partial charge < -0.3 is 14.4 Å². The Morgan fingerprint density at radius 1 is 1.03 bits per heavy atom. The van der Waals surface area contributed by atoms with Crippen LogP contribution in [0.15, 0.2) is 54.6 Å². The number of esters is 1. The molecule has 1 amide bonds. The van der Waals surface area contributed by atoms with Crippen LogP contribution < -0.4 is 4.90 Å². The van der Waals surface area contributed by atoms with Crippen molar-refractivity contribution in [1.29, 1.82) is 0 Å². The van der Waals surface area contributed by atoms with Crippen LogP contribution in [0.25, 0.3) is 0 Å². The lowest BCUT2D eigenvalue weighted by Gasteiger charge is -2.30. The molecule has 1 atom stereocenters. The van der Waals surface area contributed by atoms with Crippen LogP contribution in [-0.2, 0) is 31.1 Å². The van der Waals surface area contributed by atoms with E-state index >= 15 is 0 Å². The standard InChI is InChI=1S/C24H29NO4/c1-23(2,3)29-22(27)24(15-10-16-28-17-18-11-6-5-7-12-18)19-13-8-9-14-20(19)25(4)21(24)26/h5-9,11-14H,10,15-17H2,1-4H3. The summed E-state index contributed by atoms with van der Waals surface area (Å²) in [5.41, 5.74) is 0.564. The van der Waals surface area contributed by atoms with Crippen molar-refractivity contribution in [3.8, 4) is 0 Å². The molecule has 0 aliphatic carbocycles. The molecule has 1 heterocycles. The smallest absolute Gasteiger partial charge is 0.326 e. The molecule has 0 aromatic heterocycles. The number of amides is 1. The van der Waals surface area contributed by atoms with E-state index in [1.165, 1.54) is 0 Å². The number of carbonyl (C=O) groups is 2. The molecule has 0 N–H and O–H groups in total. The zero-order valence-electron chi connectivity index (χ0n) is 17.6. The van der Waals surface area contributed by atoms with Gasteiger partial charge in [-0.2, -0.15) is 0 Å². The predicted molar refractivity (Wildman–Crippen MR) is 113 cm³/mol. The average Bonchev–Trinajstić information content (AvgIpc) is 2.90. The van der Waals surface area contributed by atoms with Gasteiger partial charge >= 0.3 is 5.97 Å². The van der Waals surface area contributed by atoms with E-state index in [-0.39, 0.29) is 5.91 Å². The van der Waals surface area contributed by atoms with Gasteiger partial charge in [0.15, 0.2) is 5.41 Å². The van der Waals surface area contributed by atoms with Crippen LogP contribution >= 0.6 is 0 Å². The molecule has 5 nitrogen and oxygen atoms in total. The van der Waals surface area contributed by atoms with E-state index in [2.05, 4.69) is 0 Å². The van der Waals surface area contributed by atoms with Crippen molar-refractivity contribution in [3.05, 3.63) is 65.7 Å². The fraction of sp³-hybridized carbons (Fsp3) is 0.417. The summed E-state index contributed by atoms with van der Waals surface area (Å²) in [6, 6.07) is 17.4. The fourth-order valence-corrected chi connectivity index (χ4v) is 3.75. The molecule has 3 rings (SSSR count). The minimum Gasteiger partial charge on any atom is -0.459 e. The number of likely N-dealkylation sites (N-methyl/N-ethyl adjacent to an activating group) is 1. The molecule has 1 aliphatic heterocycles. The third-order valence-corrected chi connectivity index (χ3v) is 5.09. The molecule has 0 bridgehead atoms. The lowest BCUT2D eigenvalue weighted by atomic mass is 9.77. The second kappa shape index (κ2) is 8.37.